The van der Waals surface area contributed by atoms with Crippen LogP contribution in [-0.4, -0.2) is 37.7 Å². The summed E-state index contributed by atoms with van der Waals surface area (Å²) in [6, 6.07) is 19.9. The maximum absolute atomic E-state index is 11.7. The Labute approximate surface area is 238 Å². The number of dihydropyridines is 1. The van der Waals surface area contributed by atoms with Crippen LogP contribution in [0.3, 0.4) is 0 Å². The molecule has 0 amide bonds. The van der Waals surface area contributed by atoms with Crippen LogP contribution in [0, 0.1) is 0 Å². The molecule has 214 valence electrons. The summed E-state index contributed by atoms with van der Waals surface area (Å²) in [5, 5.41) is 3.02. The average Bonchev–Trinajstić information content (AvgIpc) is 2.95. The summed E-state index contributed by atoms with van der Waals surface area (Å²) in [6.45, 7) is 11.7. The number of allylic oxidation sites excluding steroid dienone is 4. The number of carbonyl (C=O) groups excluding carboxylic acids is 4. The number of rotatable bonds is 9. The zero-order valence-electron chi connectivity index (χ0n) is 24.4. The quantitative estimate of drug-likeness (QED) is 0.223. The molecule has 0 unspecified atom stereocenters. The van der Waals surface area contributed by atoms with Gasteiger partial charge in [-0.3, -0.25) is 4.79 Å². The monoisotopic (exact) mass is 547 g/mol. The summed E-state index contributed by atoms with van der Waals surface area (Å²) in [5.41, 5.74) is 5.73. The molecular weight excluding hydrogens is 506 g/mol. The van der Waals surface area contributed by atoms with Gasteiger partial charge in [-0.1, -0.05) is 67.6 Å². The van der Waals surface area contributed by atoms with Crippen molar-refractivity contribution >= 4 is 30.1 Å². The molecule has 0 aliphatic carbocycles. The Balaban J connectivity index is 0.000000315. The van der Waals surface area contributed by atoms with Crippen LogP contribution in [0.5, 0.6) is 0 Å². The van der Waals surface area contributed by atoms with Gasteiger partial charge in [-0.15, -0.1) is 0 Å². The van der Waals surface area contributed by atoms with Gasteiger partial charge in [-0.2, -0.15) is 0 Å². The van der Waals surface area contributed by atoms with Crippen molar-refractivity contribution in [3.05, 3.63) is 100 Å². The van der Waals surface area contributed by atoms with E-state index in [-0.39, 0.29) is 6.42 Å². The third-order valence-corrected chi connectivity index (χ3v) is 6.04. The van der Waals surface area contributed by atoms with Gasteiger partial charge in [0, 0.05) is 24.2 Å². The van der Waals surface area contributed by atoms with Gasteiger partial charge < -0.3 is 19.6 Å². The lowest BCUT2D eigenvalue weighted by atomic mass is 9.98. The van der Waals surface area contributed by atoms with Gasteiger partial charge in [0.15, 0.2) is 0 Å². The number of carbonyl (C=O) groups is 4. The Morgan fingerprint density at radius 2 is 1.32 bits per heavy atom. The van der Waals surface area contributed by atoms with E-state index in [1.54, 1.807) is 33.8 Å². The highest BCUT2D eigenvalue weighted by molar-refractivity contribution is 5.96. The molecule has 7 heteroatoms. The molecule has 1 heterocycles. The molecule has 1 aliphatic heterocycles. The molecule has 1 aliphatic rings. The predicted octanol–water partition coefficient (Wildman–Crippen LogP) is 6.32. The Kier molecular flexibility index (Phi) is 16.0. The van der Waals surface area contributed by atoms with E-state index in [2.05, 4.69) is 12.2 Å². The highest BCUT2D eigenvalue weighted by Crippen LogP contribution is 2.24. The SMILES string of the molecule is C/C(=C\C=O)c1ccccc1.CCOC(=O)C1=C(C)NC(C)=C(C(=O)OCC)C1.C[C@H](CC=O)c1ccccc1. The average molecular weight is 548 g/mol. The highest BCUT2D eigenvalue weighted by atomic mass is 16.5. The summed E-state index contributed by atoms with van der Waals surface area (Å²) in [5.74, 6) is -0.428. The van der Waals surface area contributed by atoms with Gasteiger partial charge in [0.1, 0.15) is 12.6 Å². The minimum atomic E-state index is -0.392. The van der Waals surface area contributed by atoms with Gasteiger partial charge in [0.2, 0.25) is 0 Å². The standard InChI is InChI=1S/C13H19NO4.C10H12O.C10H10O/c1-5-17-12(15)10-7-11(13(16)18-6-2)9(4)14-8(10)3;2*1-9(7-8-11)10-5-3-2-4-6-10/h14H,5-7H2,1-4H3;2-6,8-9H,7H2,1H3;2-8H,1H3/b;;9-7+/t;9-;/m.1./s1. The number of ether oxygens (including phenoxy) is 2. The predicted molar refractivity (Wildman–Crippen MR) is 158 cm³/mol. The molecule has 0 aromatic heterocycles. The third kappa shape index (κ3) is 11.6. The fraction of sp³-hybridized carbons (Fsp3) is 0.333. The Morgan fingerprint density at radius 1 is 0.850 bits per heavy atom. The van der Waals surface area contributed by atoms with Gasteiger partial charge in [0.25, 0.3) is 0 Å². The van der Waals surface area contributed by atoms with Crippen LogP contribution in [0.1, 0.15) is 71.4 Å². The number of aldehydes is 2. The molecule has 0 saturated carbocycles. The molecule has 0 fully saturated rings. The Hall–Kier alpha value is -4.26. The number of nitrogens with one attached hydrogen (secondary N) is 1. The van der Waals surface area contributed by atoms with Gasteiger partial charge >= 0.3 is 11.9 Å². The number of hydrogen-bond donors (Lipinski definition) is 1. The summed E-state index contributed by atoms with van der Waals surface area (Å²) < 4.78 is 9.93. The molecule has 7 nitrogen and oxygen atoms in total. The molecule has 0 spiro atoms. The van der Waals surface area contributed by atoms with E-state index in [0.717, 1.165) is 35.1 Å². The maximum atomic E-state index is 11.7. The normalized spacial score (nSPS) is 13.4. The smallest absolute Gasteiger partial charge is 0.336 e. The van der Waals surface area contributed by atoms with Crippen LogP contribution in [0.2, 0.25) is 0 Å². The third-order valence-electron chi connectivity index (χ3n) is 6.04. The molecule has 40 heavy (non-hydrogen) atoms. The van der Waals surface area contributed by atoms with Crippen molar-refractivity contribution in [2.75, 3.05) is 13.2 Å². The van der Waals surface area contributed by atoms with Crippen molar-refractivity contribution in [1.29, 1.82) is 0 Å². The first kappa shape index (κ1) is 33.8. The highest BCUT2D eigenvalue weighted by Gasteiger charge is 2.26. The van der Waals surface area contributed by atoms with E-state index >= 15 is 0 Å². The zero-order valence-corrected chi connectivity index (χ0v) is 24.4. The summed E-state index contributed by atoms with van der Waals surface area (Å²) in [7, 11) is 0. The molecule has 3 rings (SSSR count). The first-order valence-electron chi connectivity index (χ1n) is 13.4. The lowest BCUT2D eigenvalue weighted by Crippen LogP contribution is -2.26. The second kappa shape index (κ2) is 18.9. The molecule has 1 N–H and O–H groups in total. The molecule has 0 saturated heterocycles. The van der Waals surface area contributed by atoms with E-state index in [1.165, 1.54) is 5.56 Å². The molecule has 0 bridgehead atoms. The lowest BCUT2D eigenvalue weighted by molar-refractivity contribution is -0.139. The van der Waals surface area contributed by atoms with E-state index in [9.17, 15) is 19.2 Å². The van der Waals surface area contributed by atoms with Gasteiger partial charge in [0.05, 0.1) is 24.4 Å². The minimum Gasteiger partial charge on any atom is -0.463 e. The van der Waals surface area contributed by atoms with Gasteiger partial charge in [-0.05, 0) is 63.3 Å². The van der Waals surface area contributed by atoms with Crippen molar-refractivity contribution in [2.45, 2.75) is 60.3 Å². The maximum Gasteiger partial charge on any atom is 0.336 e. The zero-order chi connectivity index (χ0) is 29.9. The molecule has 0 radical (unpaired) electrons. The van der Waals surface area contributed by atoms with E-state index in [0.29, 0.717) is 36.7 Å². The molecule has 2 aromatic rings. The van der Waals surface area contributed by atoms with Crippen molar-refractivity contribution in [3.8, 4) is 0 Å². The molecule has 1 atom stereocenters. The Bertz CT molecular complexity index is 1160. The molecular formula is C33H41NO6. The van der Waals surface area contributed by atoms with Crippen LogP contribution >= 0.6 is 0 Å². The van der Waals surface area contributed by atoms with Crippen molar-refractivity contribution < 1.29 is 28.7 Å². The number of benzene rings is 2. The van der Waals surface area contributed by atoms with E-state index in [4.69, 9.17) is 9.47 Å². The first-order valence-corrected chi connectivity index (χ1v) is 13.4. The van der Waals surface area contributed by atoms with Crippen molar-refractivity contribution in [2.24, 2.45) is 0 Å². The van der Waals surface area contributed by atoms with Crippen LogP contribution in [0.4, 0.5) is 0 Å². The van der Waals surface area contributed by atoms with Crippen LogP contribution in [-0.2, 0) is 28.7 Å². The lowest BCUT2D eigenvalue weighted by Gasteiger charge is -2.22. The minimum absolute atomic E-state index is 0.252. The molecule has 2 aromatic carbocycles. The van der Waals surface area contributed by atoms with Crippen LogP contribution in [0.15, 0.2) is 89.3 Å². The summed E-state index contributed by atoms with van der Waals surface area (Å²) in [6.07, 6.45) is 4.21. The topological polar surface area (TPSA) is 98.8 Å². The fourth-order valence-electron chi connectivity index (χ4n) is 3.72. The Morgan fingerprint density at radius 3 is 1.75 bits per heavy atom. The van der Waals surface area contributed by atoms with E-state index < -0.39 is 11.9 Å². The van der Waals surface area contributed by atoms with Crippen LogP contribution < -0.4 is 5.32 Å². The number of esters is 2. The van der Waals surface area contributed by atoms with Crippen molar-refractivity contribution in [3.63, 3.8) is 0 Å². The summed E-state index contributed by atoms with van der Waals surface area (Å²) >= 11 is 0. The van der Waals surface area contributed by atoms with Gasteiger partial charge in [-0.25, -0.2) is 9.59 Å². The van der Waals surface area contributed by atoms with E-state index in [1.807, 2.05) is 67.6 Å². The second-order valence-electron chi connectivity index (χ2n) is 9.02. The number of hydrogen-bond acceptors (Lipinski definition) is 7. The fourth-order valence-corrected chi connectivity index (χ4v) is 3.72. The largest absolute Gasteiger partial charge is 0.463 e. The van der Waals surface area contributed by atoms with Crippen molar-refractivity contribution in [1.82, 2.24) is 5.32 Å². The first-order chi connectivity index (χ1) is 19.2. The summed E-state index contributed by atoms with van der Waals surface area (Å²) in [4.78, 5) is 43.8. The van der Waals surface area contributed by atoms with Crippen LogP contribution in [0.25, 0.3) is 5.57 Å². The second-order valence-corrected chi connectivity index (χ2v) is 9.02.